The maximum Gasteiger partial charge on any atom is 0.151 e. The van der Waals surface area contributed by atoms with E-state index in [1.54, 1.807) is 6.33 Å². The lowest BCUT2D eigenvalue weighted by Crippen LogP contribution is -2.13. The largest absolute Gasteiger partial charge is 0.385 e. The lowest BCUT2D eigenvalue weighted by Gasteiger charge is -2.12. The molecule has 5 heteroatoms. The number of fused-ring (bicyclic) bond motifs is 3. The predicted molar refractivity (Wildman–Crippen MR) is 54.2 cm³/mol. The van der Waals surface area contributed by atoms with Crippen LogP contribution in [0, 0.1) is 0 Å². The molecule has 0 aliphatic carbocycles. The van der Waals surface area contributed by atoms with E-state index in [2.05, 4.69) is 20.3 Å². The monoisotopic (exact) mass is 187 g/mol. The van der Waals surface area contributed by atoms with Gasteiger partial charge in [0, 0.05) is 5.56 Å². The highest BCUT2D eigenvalue weighted by atomic mass is 15.0. The van der Waals surface area contributed by atoms with E-state index >= 15 is 0 Å². The van der Waals surface area contributed by atoms with Crippen molar-refractivity contribution in [2.75, 3.05) is 5.73 Å². The molecule has 0 saturated heterocycles. The zero-order valence-electron chi connectivity index (χ0n) is 7.41. The Labute approximate surface area is 80.1 Å². The van der Waals surface area contributed by atoms with Gasteiger partial charge in [-0.25, -0.2) is 9.97 Å². The summed E-state index contributed by atoms with van der Waals surface area (Å²) in [5.74, 6) is 0.483. The Morgan fingerprint density at radius 3 is 3.29 bits per heavy atom. The zero-order chi connectivity index (χ0) is 9.54. The summed E-state index contributed by atoms with van der Waals surface area (Å²) in [6, 6.07) is 0. The predicted octanol–water partition coefficient (Wildman–Crippen LogP) is 0.614. The van der Waals surface area contributed by atoms with E-state index in [4.69, 9.17) is 5.73 Å². The Kier molecular flexibility index (Phi) is 1.30. The molecule has 2 aromatic heterocycles. The molecule has 70 valence electrons. The van der Waals surface area contributed by atoms with Gasteiger partial charge in [-0.1, -0.05) is 0 Å². The number of rotatable bonds is 0. The van der Waals surface area contributed by atoms with Crippen molar-refractivity contribution in [2.24, 2.45) is 0 Å². The van der Waals surface area contributed by atoms with Gasteiger partial charge in [-0.05, 0) is 12.3 Å². The first kappa shape index (κ1) is 7.37. The number of nitrogens with zero attached hydrogens (tertiary/aromatic N) is 2. The van der Waals surface area contributed by atoms with Crippen LogP contribution in [0.25, 0.3) is 17.1 Å². The third kappa shape index (κ3) is 0.834. The van der Waals surface area contributed by atoms with Crippen LogP contribution in [0.4, 0.5) is 5.82 Å². The van der Waals surface area contributed by atoms with Gasteiger partial charge in [0.2, 0.25) is 0 Å². The molecule has 1 aliphatic rings. The molecule has 0 saturated carbocycles. The van der Waals surface area contributed by atoms with Crippen molar-refractivity contribution >= 4 is 22.9 Å². The molecule has 1 aliphatic heterocycles. The third-order valence-electron chi connectivity index (χ3n) is 2.35. The van der Waals surface area contributed by atoms with E-state index in [1.807, 2.05) is 12.3 Å². The van der Waals surface area contributed by atoms with Gasteiger partial charge < -0.3 is 16.0 Å². The molecule has 2 aromatic rings. The van der Waals surface area contributed by atoms with E-state index in [0.717, 1.165) is 22.3 Å². The fraction of sp³-hybridized carbons (Fsp3) is 0.111. The number of pyridine rings is 1. The zero-order valence-corrected chi connectivity index (χ0v) is 7.41. The van der Waals surface area contributed by atoms with Crippen molar-refractivity contribution in [1.29, 1.82) is 0 Å². The number of nitrogens with two attached hydrogens (primary N) is 1. The van der Waals surface area contributed by atoms with Crippen molar-refractivity contribution in [3.63, 3.8) is 0 Å². The Morgan fingerprint density at radius 1 is 1.43 bits per heavy atom. The summed E-state index contributed by atoms with van der Waals surface area (Å²) >= 11 is 0. The quantitative estimate of drug-likeness (QED) is 0.564. The molecule has 0 amide bonds. The number of nitrogens with one attached hydrogen (secondary N) is 2. The Hall–Kier alpha value is -2.04. The molecule has 0 radical (unpaired) electrons. The van der Waals surface area contributed by atoms with Gasteiger partial charge in [0.1, 0.15) is 5.52 Å². The standard InChI is InChI=1S/C9H9N5/c10-9-8-7(12-4-13-8)5-1-2-11-3-6(5)14-9/h1-2,4,11H,3H2,(H2,10,14)(H,12,13). The number of anilines is 1. The van der Waals surface area contributed by atoms with Gasteiger partial charge >= 0.3 is 0 Å². The molecule has 3 rings (SSSR count). The van der Waals surface area contributed by atoms with Gasteiger partial charge in [-0.2, -0.15) is 0 Å². The van der Waals surface area contributed by atoms with Crippen LogP contribution in [0.2, 0.25) is 0 Å². The fourth-order valence-electron chi connectivity index (χ4n) is 1.71. The summed E-state index contributed by atoms with van der Waals surface area (Å²) in [4.78, 5) is 11.5. The maximum absolute atomic E-state index is 5.78. The van der Waals surface area contributed by atoms with Crippen LogP contribution in [-0.4, -0.2) is 15.0 Å². The summed E-state index contributed by atoms with van der Waals surface area (Å²) in [6.07, 6.45) is 5.52. The molecular weight excluding hydrogens is 178 g/mol. The highest BCUT2D eigenvalue weighted by Gasteiger charge is 2.13. The molecule has 0 fully saturated rings. The van der Waals surface area contributed by atoms with Gasteiger partial charge in [0.15, 0.2) is 5.82 Å². The number of H-pyrrole nitrogens is 1. The SMILES string of the molecule is Nc1nc2c(c3[nH]cnc13)C=CNC2. The topological polar surface area (TPSA) is 79.6 Å². The lowest BCUT2D eigenvalue weighted by atomic mass is 10.1. The molecule has 14 heavy (non-hydrogen) atoms. The lowest BCUT2D eigenvalue weighted by molar-refractivity contribution is 0.828. The van der Waals surface area contributed by atoms with Crippen molar-refractivity contribution in [1.82, 2.24) is 20.3 Å². The molecule has 0 atom stereocenters. The minimum atomic E-state index is 0.483. The highest BCUT2D eigenvalue weighted by molar-refractivity contribution is 5.92. The Balaban J connectivity index is 2.46. The van der Waals surface area contributed by atoms with E-state index in [9.17, 15) is 0 Å². The van der Waals surface area contributed by atoms with E-state index in [0.29, 0.717) is 12.4 Å². The van der Waals surface area contributed by atoms with Crippen molar-refractivity contribution in [3.8, 4) is 0 Å². The minimum absolute atomic E-state index is 0.483. The Bertz CT molecular complexity index is 525. The summed E-state index contributed by atoms with van der Waals surface area (Å²) in [5, 5.41) is 3.09. The third-order valence-corrected chi connectivity index (χ3v) is 2.35. The molecule has 0 bridgehead atoms. The van der Waals surface area contributed by atoms with Crippen molar-refractivity contribution < 1.29 is 0 Å². The molecule has 3 heterocycles. The minimum Gasteiger partial charge on any atom is -0.385 e. The van der Waals surface area contributed by atoms with Crippen LogP contribution < -0.4 is 11.1 Å². The summed E-state index contributed by atoms with van der Waals surface area (Å²) in [5.41, 5.74) is 9.52. The normalized spacial score (nSPS) is 14.0. The highest BCUT2D eigenvalue weighted by Crippen LogP contribution is 2.24. The van der Waals surface area contributed by atoms with Gasteiger partial charge in [-0.15, -0.1) is 0 Å². The van der Waals surface area contributed by atoms with E-state index in [-0.39, 0.29) is 0 Å². The number of hydrogen-bond acceptors (Lipinski definition) is 4. The molecular formula is C9H9N5. The van der Waals surface area contributed by atoms with Crippen LogP contribution in [-0.2, 0) is 6.54 Å². The first-order chi connectivity index (χ1) is 6.86. The number of imidazole rings is 1. The van der Waals surface area contributed by atoms with Crippen LogP contribution in [0.3, 0.4) is 0 Å². The molecule has 4 N–H and O–H groups in total. The van der Waals surface area contributed by atoms with Gasteiger partial charge in [0.25, 0.3) is 0 Å². The van der Waals surface area contributed by atoms with Crippen LogP contribution in [0.1, 0.15) is 11.3 Å². The first-order valence-corrected chi connectivity index (χ1v) is 4.37. The maximum atomic E-state index is 5.78. The second-order valence-electron chi connectivity index (χ2n) is 3.20. The average Bonchev–Trinajstić information content (AvgIpc) is 2.67. The summed E-state index contributed by atoms with van der Waals surface area (Å²) in [6.45, 7) is 0.713. The molecule has 0 aromatic carbocycles. The number of nitrogen functional groups attached to an aromatic ring is 1. The van der Waals surface area contributed by atoms with E-state index in [1.165, 1.54) is 0 Å². The smallest absolute Gasteiger partial charge is 0.151 e. The Morgan fingerprint density at radius 2 is 2.36 bits per heavy atom. The first-order valence-electron chi connectivity index (χ1n) is 4.37. The average molecular weight is 187 g/mol. The number of aromatic nitrogens is 3. The second kappa shape index (κ2) is 2.47. The van der Waals surface area contributed by atoms with Crippen molar-refractivity contribution in [3.05, 3.63) is 23.8 Å². The molecule has 0 spiro atoms. The van der Waals surface area contributed by atoms with E-state index < -0.39 is 0 Å². The summed E-state index contributed by atoms with van der Waals surface area (Å²) in [7, 11) is 0. The van der Waals surface area contributed by atoms with Crippen LogP contribution in [0.15, 0.2) is 12.5 Å². The van der Waals surface area contributed by atoms with Gasteiger partial charge in [0.05, 0.1) is 24.1 Å². The number of hydrogen-bond donors (Lipinski definition) is 3. The molecule has 5 nitrogen and oxygen atoms in total. The van der Waals surface area contributed by atoms with Crippen LogP contribution >= 0.6 is 0 Å². The second-order valence-corrected chi connectivity index (χ2v) is 3.20. The van der Waals surface area contributed by atoms with Gasteiger partial charge in [-0.3, -0.25) is 0 Å². The fourth-order valence-corrected chi connectivity index (χ4v) is 1.71. The summed E-state index contributed by atoms with van der Waals surface area (Å²) < 4.78 is 0. The van der Waals surface area contributed by atoms with Crippen LogP contribution in [0.5, 0.6) is 0 Å². The van der Waals surface area contributed by atoms with Crippen molar-refractivity contribution in [2.45, 2.75) is 6.54 Å². The molecule has 0 unspecified atom stereocenters. The number of aromatic amines is 1.